The highest BCUT2D eigenvalue weighted by Crippen LogP contribution is 2.18. The summed E-state index contributed by atoms with van der Waals surface area (Å²) in [6.45, 7) is 4.04. The molecule has 2 aromatic rings. The summed E-state index contributed by atoms with van der Waals surface area (Å²) in [6.07, 6.45) is 0.788. The van der Waals surface area contributed by atoms with Gasteiger partial charge in [-0.05, 0) is 37.0 Å². The molecule has 1 heterocycles. The van der Waals surface area contributed by atoms with Gasteiger partial charge < -0.3 is 14.5 Å². The van der Waals surface area contributed by atoms with Crippen LogP contribution in [0.2, 0.25) is 0 Å². The van der Waals surface area contributed by atoms with Gasteiger partial charge in [0.25, 0.3) is 5.91 Å². The van der Waals surface area contributed by atoms with Gasteiger partial charge in [-0.3, -0.25) is 10.1 Å². The van der Waals surface area contributed by atoms with E-state index in [1.165, 1.54) is 5.56 Å². The van der Waals surface area contributed by atoms with Crippen molar-refractivity contribution in [1.82, 2.24) is 15.1 Å². The fourth-order valence-corrected chi connectivity index (χ4v) is 3.23. The van der Waals surface area contributed by atoms with Crippen molar-refractivity contribution >= 4 is 23.2 Å². The van der Waals surface area contributed by atoms with Crippen LogP contribution < -0.4 is 10.1 Å². The number of ether oxygens (including phenoxy) is 1. The van der Waals surface area contributed by atoms with Crippen molar-refractivity contribution in [3.8, 4) is 5.75 Å². The van der Waals surface area contributed by atoms with Crippen molar-refractivity contribution in [2.24, 2.45) is 0 Å². The van der Waals surface area contributed by atoms with Gasteiger partial charge >= 0.3 is 0 Å². The predicted molar refractivity (Wildman–Crippen MR) is 111 cm³/mol. The van der Waals surface area contributed by atoms with Crippen molar-refractivity contribution in [2.45, 2.75) is 6.42 Å². The minimum Gasteiger partial charge on any atom is -0.492 e. The molecule has 1 aliphatic heterocycles. The Kier molecular flexibility index (Phi) is 6.79. The predicted octanol–water partition coefficient (Wildman–Crippen LogP) is 2.57. The number of hydrogen-bond acceptors (Lipinski definition) is 4. The highest BCUT2D eigenvalue weighted by Gasteiger charge is 2.20. The molecule has 27 heavy (non-hydrogen) atoms. The summed E-state index contributed by atoms with van der Waals surface area (Å²) in [7, 11) is 2.09. The highest BCUT2D eigenvalue weighted by molar-refractivity contribution is 7.80. The fourth-order valence-electron chi connectivity index (χ4n) is 2.96. The molecule has 1 fully saturated rings. The monoisotopic (exact) mass is 383 g/mol. The molecule has 0 aromatic heterocycles. The van der Waals surface area contributed by atoms with E-state index in [0.29, 0.717) is 23.0 Å². The minimum absolute atomic E-state index is 0.228. The Labute approximate surface area is 165 Å². The summed E-state index contributed by atoms with van der Waals surface area (Å²) >= 11 is 5.42. The number of benzene rings is 2. The van der Waals surface area contributed by atoms with Gasteiger partial charge in [0, 0.05) is 32.6 Å². The zero-order valence-corrected chi connectivity index (χ0v) is 16.4. The van der Waals surface area contributed by atoms with Crippen molar-refractivity contribution in [3.63, 3.8) is 0 Å². The maximum atomic E-state index is 12.7. The molecular formula is C21H25N3O2S. The van der Waals surface area contributed by atoms with Gasteiger partial charge in [0.15, 0.2) is 5.11 Å². The van der Waals surface area contributed by atoms with Gasteiger partial charge in [0.05, 0.1) is 12.2 Å². The van der Waals surface area contributed by atoms with Crippen LogP contribution in [-0.2, 0) is 6.42 Å². The van der Waals surface area contributed by atoms with Gasteiger partial charge in [0.1, 0.15) is 5.75 Å². The third kappa shape index (κ3) is 5.52. The number of rotatable bonds is 5. The first-order valence-electron chi connectivity index (χ1n) is 9.18. The van der Waals surface area contributed by atoms with E-state index in [1.807, 2.05) is 41.3 Å². The summed E-state index contributed by atoms with van der Waals surface area (Å²) in [6, 6.07) is 17.4. The Morgan fingerprint density at radius 3 is 2.44 bits per heavy atom. The van der Waals surface area contributed by atoms with Crippen molar-refractivity contribution in [1.29, 1.82) is 0 Å². The summed E-state index contributed by atoms with van der Waals surface area (Å²) in [5, 5.41) is 3.33. The van der Waals surface area contributed by atoms with E-state index < -0.39 is 0 Å². The van der Waals surface area contributed by atoms with E-state index in [9.17, 15) is 4.79 Å². The number of thiocarbonyl (C=S) groups is 1. The number of likely N-dealkylation sites (N-methyl/N-ethyl adjacent to an activating group) is 1. The fraction of sp³-hybridized carbons (Fsp3) is 0.333. The van der Waals surface area contributed by atoms with E-state index in [-0.39, 0.29) is 5.91 Å². The van der Waals surface area contributed by atoms with Crippen LogP contribution in [0.15, 0.2) is 54.6 Å². The first kappa shape index (κ1) is 19.3. The number of hydrogen-bond donors (Lipinski definition) is 1. The molecule has 1 saturated heterocycles. The molecule has 3 rings (SSSR count). The summed E-state index contributed by atoms with van der Waals surface area (Å²) in [5.41, 5.74) is 1.71. The second-order valence-electron chi connectivity index (χ2n) is 6.63. The van der Waals surface area contributed by atoms with Crippen LogP contribution in [0.25, 0.3) is 0 Å². The number of amides is 1. The molecule has 1 N–H and O–H groups in total. The number of carbonyl (C=O) groups is 1. The Morgan fingerprint density at radius 1 is 1.04 bits per heavy atom. The first-order valence-corrected chi connectivity index (χ1v) is 9.59. The third-order valence-electron chi connectivity index (χ3n) is 4.63. The molecule has 142 valence electrons. The van der Waals surface area contributed by atoms with Crippen LogP contribution in [0.4, 0.5) is 0 Å². The van der Waals surface area contributed by atoms with Crippen LogP contribution in [-0.4, -0.2) is 60.7 Å². The van der Waals surface area contributed by atoms with Crippen LogP contribution in [0, 0.1) is 0 Å². The zero-order chi connectivity index (χ0) is 19.1. The molecule has 0 atom stereocenters. The molecule has 1 aliphatic rings. The Bertz CT molecular complexity index is 774. The number of para-hydroxylation sites is 1. The lowest BCUT2D eigenvalue weighted by Gasteiger charge is -2.33. The second-order valence-corrected chi connectivity index (χ2v) is 7.02. The standard InChI is InChI=1S/C21H25N3O2S/c1-23-12-14-24(15-13-23)21(27)22-20(25)18-9-5-6-10-19(18)26-16-11-17-7-3-2-4-8-17/h2-10H,11-16H2,1H3,(H,22,25,27). The minimum atomic E-state index is -0.228. The molecule has 0 unspecified atom stereocenters. The Balaban J connectivity index is 1.57. The lowest BCUT2D eigenvalue weighted by molar-refractivity contribution is 0.0967. The van der Waals surface area contributed by atoms with E-state index in [0.717, 1.165) is 32.6 Å². The number of piperazine rings is 1. The molecule has 0 radical (unpaired) electrons. The van der Waals surface area contributed by atoms with E-state index in [4.69, 9.17) is 17.0 Å². The summed E-state index contributed by atoms with van der Waals surface area (Å²) in [5.74, 6) is 0.348. The van der Waals surface area contributed by atoms with Crippen LogP contribution in [0.1, 0.15) is 15.9 Å². The molecule has 5 nitrogen and oxygen atoms in total. The van der Waals surface area contributed by atoms with Crippen LogP contribution in [0.5, 0.6) is 5.75 Å². The van der Waals surface area contributed by atoms with Gasteiger partial charge in [-0.1, -0.05) is 42.5 Å². The molecule has 0 saturated carbocycles. The maximum Gasteiger partial charge on any atom is 0.261 e. The SMILES string of the molecule is CN1CCN(C(=S)NC(=O)c2ccccc2OCCc2ccccc2)CC1. The smallest absolute Gasteiger partial charge is 0.261 e. The molecule has 0 aliphatic carbocycles. The molecule has 1 amide bonds. The molecule has 0 bridgehead atoms. The Morgan fingerprint density at radius 2 is 1.70 bits per heavy atom. The number of nitrogens with one attached hydrogen (secondary N) is 1. The summed E-state index contributed by atoms with van der Waals surface area (Å²) in [4.78, 5) is 17.0. The van der Waals surface area contributed by atoms with Crippen molar-refractivity contribution in [3.05, 3.63) is 65.7 Å². The lowest BCUT2D eigenvalue weighted by Crippen LogP contribution is -2.51. The average Bonchev–Trinajstić information content (AvgIpc) is 2.69. The Hall–Kier alpha value is -2.44. The van der Waals surface area contributed by atoms with Gasteiger partial charge in [-0.2, -0.15) is 0 Å². The molecule has 2 aromatic carbocycles. The zero-order valence-electron chi connectivity index (χ0n) is 15.6. The van der Waals surface area contributed by atoms with Gasteiger partial charge in [-0.15, -0.1) is 0 Å². The van der Waals surface area contributed by atoms with E-state index >= 15 is 0 Å². The first-order chi connectivity index (χ1) is 13.1. The van der Waals surface area contributed by atoms with E-state index in [1.54, 1.807) is 6.07 Å². The second kappa shape index (κ2) is 9.48. The molecule has 6 heteroatoms. The maximum absolute atomic E-state index is 12.7. The van der Waals surface area contributed by atoms with Crippen LogP contribution in [0.3, 0.4) is 0 Å². The normalized spacial score (nSPS) is 14.6. The average molecular weight is 384 g/mol. The third-order valence-corrected chi connectivity index (χ3v) is 4.99. The molecular weight excluding hydrogens is 358 g/mol. The largest absolute Gasteiger partial charge is 0.492 e. The van der Waals surface area contributed by atoms with Gasteiger partial charge in [-0.25, -0.2) is 0 Å². The summed E-state index contributed by atoms with van der Waals surface area (Å²) < 4.78 is 5.88. The lowest BCUT2D eigenvalue weighted by atomic mass is 10.1. The number of carbonyl (C=O) groups excluding carboxylic acids is 1. The highest BCUT2D eigenvalue weighted by atomic mass is 32.1. The van der Waals surface area contributed by atoms with Crippen molar-refractivity contribution in [2.75, 3.05) is 39.8 Å². The quantitative estimate of drug-likeness (QED) is 0.804. The van der Waals surface area contributed by atoms with Gasteiger partial charge in [0.2, 0.25) is 0 Å². The molecule has 0 spiro atoms. The topological polar surface area (TPSA) is 44.8 Å². The number of nitrogens with zero attached hydrogens (tertiary/aromatic N) is 2. The van der Waals surface area contributed by atoms with E-state index in [2.05, 4.69) is 29.4 Å². The van der Waals surface area contributed by atoms with Crippen LogP contribution >= 0.6 is 12.2 Å². The van der Waals surface area contributed by atoms with Crippen molar-refractivity contribution < 1.29 is 9.53 Å².